The zero-order chi connectivity index (χ0) is 29.7. The minimum absolute atomic E-state index is 0.125. The number of hydrogen-bond donors (Lipinski definition) is 0. The molecule has 8 nitrogen and oxygen atoms in total. The number of rotatable bonds is 6. The minimum atomic E-state index is -3.97. The van der Waals surface area contributed by atoms with E-state index in [1.165, 1.54) is 0 Å². The van der Waals surface area contributed by atoms with E-state index in [4.69, 9.17) is 0 Å². The maximum Gasteiger partial charge on any atom is 0.284 e. The van der Waals surface area contributed by atoms with Gasteiger partial charge in [-0.1, -0.05) is 96.1 Å². The Kier molecular flexibility index (Phi) is 8.56. The van der Waals surface area contributed by atoms with Gasteiger partial charge in [-0.2, -0.15) is 16.8 Å². The van der Waals surface area contributed by atoms with Gasteiger partial charge in [-0.05, 0) is 38.1 Å². The highest BCUT2D eigenvalue weighted by atomic mass is 32.2. The van der Waals surface area contributed by atoms with E-state index in [-0.39, 0.29) is 9.79 Å². The van der Waals surface area contributed by atoms with E-state index in [0.717, 1.165) is 11.1 Å². The fourth-order valence-corrected chi connectivity index (χ4v) is 6.71. The summed E-state index contributed by atoms with van der Waals surface area (Å²) in [6.07, 6.45) is 0. The van der Waals surface area contributed by atoms with Gasteiger partial charge in [-0.25, -0.2) is 0 Å². The molecular formula is C32H32N4O4S2. The maximum atomic E-state index is 13.3. The van der Waals surface area contributed by atoms with E-state index in [9.17, 15) is 16.8 Å². The van der Waals surface area contributed by atoms with Crippen LogP contribution in [0, 0.1) is 13.8 Å². The standard InChI is InChI=1S/C32H32N4O4S2/c1-25-13-17-29(18-14-25)41(37,38)33-31(27-9-5-3-6-10-27)35-21-23-36(24-22-35)32(28-11-7-4-8-12-28)34-42(39,40)30-19-15-26(2)16-20-30/h3-20H,21-24H2,1-2H3/b33-31-,34-32-. The van der Waals surface area contributed by atoms with Crippen molar-refractivity contribution in [3.63, 3.8) is 0 Å². The van der Waals surface area contributed by atoms with Gasteiger partial charge >= 0.3 is 0 Å². The molecular weight excluding hydrogens is 569 g/mol. The smallest absolute Gasteiger partial charge is 0.284 e. The number of benzene rings is 4. The van der Waals surface area contributed by atoms with E-state index >= 15 is 0 Å². The van der Waals surface area contributed by atoms with Gasteiger partial charge in [0.15, 0.2) is 0 Å². The molecule has 0 N–H and O–H groups in total. The summed E-state index contributed by atoms with van der Waals surface area (Å²) in [7, 11) is -7.95. The Morgan fingerprint density at radius 2 is 0.810 bits per heavy atom. The fourth-order valence-electron chi connectivity index (χ4n) is 4.64. The summed E-state index contributed by atoms with van der Waals surface area (Å²) in [5.41, 5.74) is 3.27. The molecule has 0 spiro atoms. The van der Waals surface area contributed by atoms with E-state index in [1.807, 2.05) is 84.3 Å². The highest BCUT2D eigenvalue weighted by Gasteiger charge is 2.27. The third-order valence-corrected chi connectivity index (χ3v) is 9.56. The van der Waals surface area contributed by atoms with Gasteiger partial charge < -0.3 is 9.80 Å². The third-order valence-electron chi connectivity index (χ3n) is 6.99. The lowest BCUT2D eigenvalue weighted by molar-refractivity contribution is 0.260. The molecule has 4 aromatic rings. The first kappa shape index (κ1) is 29.2. The lowest BCUT2D eigenvalue weighted by Gasteiger charge is -2.38. The highest BCUT2D eigenvalue weighted by molar-refractivity contribution is 7.90. The number of hydrogen-bond acceptors (Lipinski definition) is 4. The molecule has 1 fully saturated rings. The number of amidine groups is 2. The zero-order valence-electron chi connectivity index (χ0n) is 23.5. The summed E-state index contributed by atoms with van der Waals surface area (Å²) in [5.74, 6) is 0.697. The van der Waals surface area contributed by atoms with Gasteiger partial charge in [-0.3, -0.25) is 0 Å². The maximum absolute atomic E-state index is 13.3. The molecule has 10 heteroatoms. The van der Waals surface area contributed by atoms with Crippen LogP contribution >= 0.6 is 0 Å². The Morgan fingerprint density at radius 1 is 0.500 bits per heavy atom. The number of nitrogens with zero attached hydrogens (tertiary/aromatic N) is 4. The van der Waals surface area contributed by atoms with Crippen molar-refractivity contribution < 1.29 is 16.8 Å². The summed E-state index contributed by atoms with van der Waals surface area (Å²) in [4.78, 5) is 4.10. The van der Waals surface area contributed by atoms with Crippen LogP contribution < -0.4 is 0 Å². The van der Waals surface area contributed by atoms with Crippen LogP contribution in [-0.4, -0.2) is 64.5 Å². The molecule has 0 radical (unpaired) electrons. The van der Waals surface area contributed by atoms with Crippen molar-refractivity contribution in [3.8, 4) is 0 Å². The van der Waals surface area contributed by atoms with Crippen molar-refractivity contribution in [2.75, 3.05) is 26.2 Å². The van der Waals surface area contributed by atoms with Crippen LogP contribution in [0.3, 0.4) is 0 Å². The Labute approximate surface area is 247 Å². The van der Waals surface area contributed by atoms with Crippen LogP contribution in [0.15, 0.2) is 128 Å². The first-order valence-corrected chi connectivity index (χ1v) is 16.4. The van der Waals surface area contributed by atoms with Crippen LogP contribution in [0.2, 0.25) is 0 Å². The van der Waals surface area contributed by atoms with Crippen LogP contribution in [0.5, 0.6) is 0 Å². The molecule has 0 aliphatic carbocycles. The molecule has 0 unspecified atom stereocenters. The van der Waals surface area contributed by atoms with Crippen LogP contribution in [0.4, 0.5) is 0 Å². The normalized spacial score (nSPS) is 15.1. The summed E-state index contributed by atoms with van der Waals surface area (Å²) in [6, 6.07) is 31.7. The predicted molar refractivity (Wildman–Crippen MR) is 166 cm³/mol. The highest BCUT2D eigenvalue weighted by Crippen LogP contribution is 2.20. The molecule has 1 heterocycles. The fraction of sp³-hybridized carbons (Fsp3) is 0.188. The second kappa shape index (κ2) is 12.3. The van der Waals surface area contributed by atoms with Gasteiger partial charge in [0.2, 0.25) is 0 Å². The lowest BCUT2D eigenvalue weighted by Crippen LogP contribution is -2.51. The van der Waals surface area contributed by atoms with Gasteiger partial charge in [0.25, 0.3) is 20.0 Å². The van der Waals surface area contributed by atoms with Crippen molar-refractivity contribution in [1.82, 2.24) is 9.80 Å². The molecule has 0 amide bonds. The average molecular weight is 601 g/mol. The molecule has 5 rings (SSSR count). The van der Waals surface area contributed by atoms with E-state index in [0.29, 0.717) is 49.0 Å². The number of aryl methyl sites for hydroxylation is 2. The SMILES string of the molecule is Cc1ccc(S(=O)(=O)/N=C(/c2ccccc2)N2CCN(/C(=N\S(=O)(=O)c3ccc(C)cc3)c3ccccc3)CC2)cc1. The Balaban J connectivity index is 1.46. The minimum Gasteiger partial charge on any atom is -0.352 e. The quantitative estimate of drug-likeness (QED) is 0.231. The molecule has 0 bridgehead atoms. The van der Waals surface area contributed by atoms with Crippen molar-refractivity contribution >= 4 is 31.7 Å². The van der Waals surface area contributed by atoms with Crippen molar-refractivity contribution in [2.45, 2.75) is 23.6 Å². The van der Waals surface area contributed by atoms with Crippen LogP contribution in [0.25, 0.3) is 0 Å². The topological polar surface area (TPSA) is 99.5 Å². The molecule has 0 aromatic heterocycles. The summed E-state index contributed by atoms with van der Waals surface area (Å²) in [5, 5.41) is 0. The predicted octanol–water partition coefficient (Wildman–Crippen LogP) is 4.89. The zero-order valence-corrected chi connectivity index (χ0v) is 25.1. The van der Waals surface area contributed by atoms with Crippen LogP contribution in [-0.2, 0) is 20.0 Å². The molecule has 1 aliphatic heterocycles. The first-order valence-electron chi connectivity index (χ1n) is 13.6. The molecule has 1 aliphatic rings. The van der Waals surface area contributed by atoms with Crippen LogP contribution in [0.1, 0.15) is 22.3 Å². The number of sulfonamides is 2. The van der Waals surface area contributed by atoms with Gasteiger partial charge in [0.1, 0.15) is 11.7 Å². The Morgan fingerprint density at radius 3 is 1.12 bits per heavy atom. The Bertz CT molecular complexity index is 1660. The van der Waals surface area contributed by atoms with Gasteiger partial charge in [-0.15, -0.1) is 8.80 Å². The molecule has 0 saturated carbocycles. The molecule has 1 saturated heterocycles. The molecule has 4 aromatic carbocycles. The Hall–Kier alpha value is -4.28. The van der Waals surface area contributed by atoms with Crippen molar-refractivity contribution in [2.24, 2.45) is 8.80 Å². The summed E-state index contributed by atoms with van der Waals surface area (Å²) < 4.78 is 61.9. The van der Waals surface area contributed by atoms with Crippen molar-refractivity contribution in [3.05, 3.63) is 131 Å². The van der Waals surface area contributed by atoms with E-state index in [2.05, 4.69) is 8.80 Å². The average Bonchev–Trinajstić information content (AvgIpc) is 3.00. The molecule has 0 atom stereocenters. The van der Waals surface area contributed by atoms with Crippen molar-refractivity contribution in [1.29, 1.82) is 0 Å². The molecule has 42 heavy (non-hydrogen) atoms. The second-order valence-electron chi connectivity index (χ2n) is 10.1. The molecule has 216 valence electrons. The number of piperazine rings is 1. The second-order valence-corrected chi connectivity index (χ2v) is 13.3. The van der Waals surface area contributed by atoms with E-state index < -0.39 is 20.0 Å². The summed E-state index contributed by atoms with van der Waals surface area (Å²) in [6.45, 7) is 5.43. The monoisotopic (exact) mass is 600 g/mol. The third kappa shape index (κ3) is 6.78. The largest absolute Gasteiger partial charge is 0.352 e. The van der Waals surface area contributed by atoms with Gasteiger partial charge in [0, 0.05) is 37.3 Å². The lowest BCUT2D eigenvalue weighted by atomic mass is 10.1. The summed E-state index contributed by atoms with van der Waals surface area (Å²) >= 11 is 0. The van der Waals surface area contributed by atoms with Gasteiger partial charge in [0.05, 0.1) is 9.79 Å². The van der Waals surface area contributed by atoms with E-state index in [1.54, 1.807) is 48.5 Å². The first-order chi connectivity index (χ1) is 20.1.